The van der Waals surface area contributed by atoms with Crippen LogP contribution in [0.2, 0.25) is 0 Å². The number of nitrogens with two attached hydrogens (primary N) is 1. The third-order valence-electron chi connectivity index (χ3n) is 3.37. The molecule has 0 aromatic heterocycles. The van der Waals surface area contributed by atoms with Gasteiger partial charge in [0.25, 0.3) is 5.91 Å². The van der Waals surface area contributed by atoms with E-state index in [1.165, 1.54) is 12.8 Å². The third-order valence-corrected chi connectivity index (χ3v) is 3.37. The van der Waals surface area contributed by atoms with Crippen molar-refractivity contribution in [2.24, 2.45) is 5.73 Å². The second-order valence-electron chi connectivity index (χ2n) is 4.87. The van der Waals surface area contributed by atoms with E-state index in [1.807, 2.05) is 24.3 Å². The average Bonchev–Trinajstić information content (AvgIpc) is 3.23. The van der Waals surface area contributed by atoms with Gasteiger partial charge in [-0.15, -0.1) is 0 Å². The molecule has 0 spiro atoms. The van der Waals surface area contributed by atoms with E-state index in [9.17, 15) is 4.79 Å². The Kier molecular flexibility index (Phi) is 4.33. The van der Waals surface area contributed by atoms with Crippen molar-refractivity contribution in [2.75, 3.05) is 20.1 Å². The summed E-state index contributed by atoms with van der Waals surface area (Å²) in [5, 5.41) is 2.94. The van der Waals surface area contributed by atoms with Crippen molar-refractivity contribution in [1.29, 1.82) is 0 Å². The van der Waals surface area contributed by atoms with Gasteiger partial charge in [-0.1, -0.05) is 12.1 Å². The topological polar surface area (TPSA) is 58.4 Å². The van der Waals surface area contributed by atoms with Gasteiger partial charge in [-0.05, 0) is 37.6 Å². The van der Waals surface area contributed by atoms with Crippen LogP contribution in [-0.4, -0.2) is 37.0 Å². The van der Waals surface area contributed by atoms with Crippen molar-refractivity contribution in [1.82, 2.24) is 10.2 Å². The molecule has 0 radical (unpaired) electrons. The Hall–Kier alpha value is -1.39. The number of amides is 1. The van der Waals surface area contributed by atoms with Gasteiger partial charge in [0, 0.05) is 31.2 Å². The highest BCUT2D eigenvalue weighted by Gasteiger charge is 2.25. The molecule has 0 saturated heterocycles. The van der Waals surface area contributed by atoms with Gasteiger partial charge >= 0.3 is 0 Å². The van der Waals surface area contributed by atoms with Crippen LogP contribution in [0.4, 0.5) is 0 Å². The van der Waals surface area contributed by atoms with Crippen molar-refractivity contribution < 1.29 is 4.79 Å². The Balaban J connectivity index is 1.75. The summed E-state index contributed by atoms with van der Waals surface area (Å²) in [5.74, 6) is -0.0113. The number of nitrogens with zero attached hydrogens (tertiary/aromatic N) is 1. The molecule has 1 saturated carbocycles. The lowest BCUT2D eigenvalue weighted by Crippen LogP contribution is -2.33. The number of likely N-dealkylation sites (N-methyl/N-ethyl adjacent to an activating group) is 1. The van der Waals surface area contributed by atoms with E-state index in [1.54, 1.807) is 0 Å². The summed E-state index contributed by atoms with van der Waals surface area (Å²) in [6.45, 7) is 2.12. The molecule has 0 atom stereocenters. The van der Waals surface area contributed by atoms with Gasteiger partial charge < -0.3 is 16.0 Å². The normalized spacial score (nSPS) is 14.8. The molecule has 3 N–H and O–H groups in total. The van der Waals surface area contributed by atoms with E-state index in [-0.39, 0.29) is 5.91 Å². The van der Waals surface area contributed by atoms with E-state index in [0.29, 0.717) is 18.7 Å². The molecule has 4 heteroatoms. The van der Waals surface area contributed by atoms with Crippen LogP contribution >= 0.6 is 0 Å². The standard InChI is InChI=1S/C14H21N3O/c1-17(13-6-7-13)9-8-16-14(18)12-4-2-11(10-15)3-5-12/h2-5,13H,6-10,15H2,1H3,(H,16,18). The van der Waals surface area contributed by atoms with Crippen LogP contribution in [0.5, 0.6) is 0 Å². The molecule has 1 aromatic rings. The minimum Gasteiger partial charge on any atom is -0.351 e. The molecule has 98 valence electrons. The van der Waals surface area contributed by atoms with Gasteiger partial charge in [0.05, 0.1) is 0 Å². The van der Waals surface area contributed by atoms with Crippen LogP contribution < -0.4 is 11.1 Å². The van der Waals surface area contributed by atoms with Gasteiger partial charge in [0.15, 0.2) is 0 Å². The summed E-state index contributed by atoms with van der Waals surface area (Å²) in [6.07, 6.45) is 2.59. The number of nitrogens with one attached hydrogen (secondary N) is 1. The highest BCUT2D eigenvalue weighted by molar-refractivity contribution is 5.94. The first-order valence-electron chi connectivity index (χ1n) is 6.48. The van der Waals surface area contributed by atoms with Crippen molar-refractivity contribution in [3.05, 3.63) is 35.4 Å². The fraction of sp³-hybridized carbons (Fsp3) is 0.500. The molecule has 1 amide bonds. The predicted octanol–water partition coefficient (Wildman–Crippen LogP) is 0.969. The Morgan fingerprint density at radius 1 is 1.39 bits per heavy atom. The maximum atomic E-state index is 11.9. The number of benzene rings is 1. The summed E-state index contributed by atoms with van der Waals surface area (Å²) in [4.78, 5) is 14.2. The zero-order valence-corrected chi connectivity index (χ0v) is 10.9. The quantitative estimate of drug-likeness (QED) is 0.787. The van der Waals surface area contributed by atoms with E-state index >= 15 is 0 Å². The van der Waals surface area contributed by atoms with E-state index in [0.717, 1.165) is 18.2 Å². The Morgan fingerprint density at radius 3 is 2.61 bits per heavy atom. The Morgan fingerprint density at radius 2 is 2.06 bits per heavy atom. The largest absolute Gasteiger partial charge is 0.351 e. The lowest BCUT2D eigenvalue weighted by molar-refractivity contribution is 0.0949. The smallest absolute Gasteiger partial charge is 0.251 e. The summed E-state index contributed by atoms with van der Waals surface area (Å²) >= 11 is 0. The van der Waals surface area contributed by atoms with Crippen LogP contribution in [0.15, 0.2) is 24.3 Å². The van der Waals surface area contributed by atoms with Crippen molar-refractivity contribution in [3.8, 4) is 0 Å². The maximum absolute atomic E-state index is 11.9. The molecular formula is C14H21N3O. The fourth-order valence-corrected chi connectivity index (χ4v) is 1.94. The number of carbonyl (C=O) groups excluding carboxylic acids is 1. The zero-order chi connectivity index (χ0) is 13.0. The summed E-state index contributed by atoms with van der Waals surface area (Å²) in [7, 11) is 2.11. The fourth-order valence-electron chi connectivity index (χ4n) is 1.94. The first-order valence-corrected chi connectivity index (χ1v) is 6.48. The second kappa shape index (κ2) is 5.98. The molecule has 0 unspecified atom stereocenters. The molecule has 0 aliphatic heterocycles. The van der Waals surface area contributed by atoms with Crippen molar-refractivity contribution in [2.45, 2.75) is 25.4 Å². The third kappa shape index (κ3) is 3.55. The predicted molar refractivity (Wildman–Crippen MR) is 72.3 cm³/mol. The zero-order valence-electron chi connectivity index (χ0n) is 10.9. The molecule has 1 aromatic carbocycles. The van der Waals surface area contributed by atoms with E-state index in [2.05, 4.69) is 17.3 Å². The van der Waals surface area contributed by atoms with Crippen LogP contribution in [0.1, 0.15) is 28.8 Å². The summed E-state index contributed by atoms with van der Waals surface area (Å²) in [6, 6.07) is 8.17. The lowest BCUT2D eigenvalue weighted by Gasteiger charge is -2.15. The second-order valence-corrected chi connectivity index (χ2v) is 4.87. The van der Waals surface area contributed by atoms with Gasteiger partial charge in [-0.2, -0.15) is 0 Å². The minimum absolute atomic E-state index is 0.0113. The Bertz CT molecular complexity index is 398. The summed E-state index contributed by atoms with van der Waals surface area (Å²) in [5.41, 5.74) is 7.25. The maximum Gasteiger partial charge on any atom is 0.251 e. The monoisotopic (exact) mass is 247 g/mol. The molecule has 4 nitrogen and oxygen atoms in total. The lowest BCUT2D eigenvalue weighted by atomic mass is 10.1. The van der Waals surface area contributed by atoms with Gasteiger partial charge in [-0.3, -0.25) is 4.79 Å². The minimum atomic E-state index is -0.0113. The molecule has 1 fully saturated rings. The molecule has 2 rings (SSSR count). The van der Waals surface area contributed by atoms with E-state index in [4.69, 9.17) is 5.73 Å². The average molecular weight is 247 g/mol. The van der Waals surface area contributed by atoms with Crippen LogP contribution in [-0.2, 0) is 6.54 Å². The molecule has 1 aliphatic carbocycles. The van der Waals surface area contributed by atoms with Crippen molar-refractivity contribution in [3.63, 3.8) is 0 Å². The molecule has 18 heavy (non-hydrogen) atoms. The van der Waals surface area contributed by atoms with Crippen LogP contribution in [0.25, 0.3) is 0 Å². The molecule has 0 heterocycles. The number of hydrogen-bond donors (Lipinski definition) is 2. The van der Waals surface area contributed by atoms with Gasteiger partial charge in [-0.25, -0.2) is 0 Å². The van der Waals surface area contributed by atoms with Crippen LogP contribution in [0, 0.1) is 0 Å². The van der Waals surface area contributed by atoms with Crippen LogP contribution in [0.3, 0.4) is 0 Å². The first-order chi connectivity index (χ1) is 8.70. The number of carbonyl (C=O) groups is 1. The Labute approximate surface area is 108 Å². The molecule has 0 bridgehead atoms. The van der Waals surface area contributed by atoms with Gasteiger partial charge in [0.1, 0.15) is 0 Å². The SMILES string of the molecule is CN(CCNC(=O)c1ccc(CN)cc1)C1CC1. The number of rotatable bonds is 6. The summed E-state index contributed by atoms with van der Waals surface area (Å²) < 4.78 is 0. The van der Waals surface area contributed by atoms with Gasteiger partial charge in [0.2, 0.25) is 0 Å². The first kappa shape index (κ1) is 13.1. The molecular weight excluding hydrogens is 226 g/mol. The van der Waals surface area contributed by atoms with E-state index < -0.39 is 0 Å². The van der Waals surface area contributed by atoms with Crippen molar-refractivity contribution >= 4 is 5.91 Å². The number of hydrogen-bond acceptors (Lipinski definition) is 3. The molecule has 1 aliphatic rings. The highest BCUT2D eigenvalue weighted by Crippen LogP contribution is 2.24. The highest BCUT2D eigenvalue weighted by atomic mass is 16.1.